The first-order valence-corrected chi connectivity index (χ1v) is 3.66. The fourth-order valence-corrected chi connectivity index (χ4v) is 0.441. The van der Waals surface area contributed by atoms with Crippen LogP contribution >= 0.6 is 12.6 Å². The Balaban J connectivity index is 4.13. The summed E-state index contributed by atoms with van der Waals surface area (Å²) in [6.07, 6.45) is 0. The molecule has 0 saturated carbocycles. The van der Waals surface area contributed by atoms with E-state index in [1.807, 2.05) is 0 Å². The number of carbonyl (C=O) groups excluding carboxylic acids is 2. The van der Waals surface area contributed by atoms with Gasteiger partial charge in [-0.25, -0.2) is 4.79 Å². The van der Waals surface area contributed by atoms with E-state index in [0.717, 1.165) is 6.92 Å². The van der Waals surface area contributed by atoms with Gasteiger partial charge in [0, 0.05) is 12.7 Å². The van der Waals surface area contributed by atoms with Gasteiger partial charge in [-0.2, -0.15) is 12.6 Å². The average Bonchev–Trinajstić information content (AvgIpc) is 1.86. The van der Waals surface area contributed by atoms with Gasteiger partial charge < -0.3 is 10.5 Å². The summed E-state index contributed by atoms with van der Waals surface area (Å²) >= 11 is 3.83. The van der Waals surface area contributed by atoms with Crippen molar-refractivity contribution in [3.8, 4) is 0 Å². The van der Waals surface area contributed by atoms with Crippen molar-refractivity contribution < 1.29 is 14.3 Å². The van der Waals surface area contributed by atoms with E-state index in [2.05, 4.69) is 17.4 Å². The van der Waals surface area contributed by atoms with Gasteiger partial charge in [0.1, 0.15) is 5.54 Å². The topological polar surface area (TPSA) is 69.4 Å². The van der Waals surface area contributed by atoms with Crippen molar-refractivity contribution in [3.05, 3.63) is 0 Å². The summed E-state index contributed by atoms with van der Waals surface area (Å²) in [6, 6.07) is 0. The zero-order valence-electron chi connectivity index (χ0n) is 6.46. The molecule has 0 saturated heterocycles. The minimum Gasteiger partial charge on any atom is -0.392 e. The van der Waals surface area contributed by atoms with Gasteiger partial charge >= 0.3 is 11.9 Å². The van der Waals surface area contributed by atoms with Crippen molar-refractivity contribution in [1.29, 1.82) is 0 Å². The van der Waals surface area contributed by atoms with E-state index in [9.17, 15) is 9.59 Å². The first-order valence-electron chi connectivity index (χ1n) is 3.02. The molecule has 64 valence electrons. The summed E-state index contributed by atoms with van der Waals surface area (Å²) in [5, 5.41) is 0. The van der Waals surface area contributed by atoms with Crippen LogP contribution in [0.5, 0.6) is 0 Å². The lowest BCUT2D eigenvalue weighted by atomic mass is 10.1. The quantitative estimate of drug-likeness (QED) is 0.346. The maximum atomic E-state index is 10.9. The highest BCUT2D eigenvalue weighted by Gasteiger charge is 2.29. The van der Waals surface area contributed by atoms with Crippen molar-refractivity contribution in [2.24, 2.45) is 5.73 Å². The van der Waals surface area contributed by atoms with Crippen LogP contribution in [-0.2, 0) is 14.3 Å². The lowest BCUT2D eigenvalue weighted by molar-refractivity contribution is -0.161. The Labute approximate surface area is 70.5 Å². The molecule has 0 spiro atoms. The summed E-state index contributed by atoms with van der Waals surface area (Å²) < 4.78 is 4.25. The standard InChI is InChI=1S/C6H11NO3S/c1-4(8)10-5(9)6(2,7)3-11/h11H,3,7H2,1-2H3/t6-/m0/s1. The fourth-order valence-electron chi connectivity index (χ4n) is 0.312. The third-order valence-corrected chi connectivity index (χ3v) is 1.69. The van der Waals surface area contributed by atoms with Gasteiger partial charge in [-0.3, -0.25) is 4.79 Å². The van der Waals surface area contributed by atoms with E-state index in [0.29, 0.717) is 0 Å². The second kappa shape index (κ2) is 3.73. The molecule has 0 aromatic carbocycles. The van der Waals surface area contributed by atoms with Gasteiger partial charge in [-0.1, -0.05) is 0 Å². The Morgan fingerprint density at radius 1 is 1.64 bits per heavy atom. The molecular weight excluding hydrogens is 166 g/mol. The monoisotopic (exact) mass is 177 g/mol. The molecule has 0 bridgehead atoms. The highest BCUT2D eigenvalue weighted by molar-refractivity contribution is 7.80. The van der Waals surface area contributed by atoms with Crippen molar-refractivity contribution in [2.75, 3.05) is 5.75 Å². The highest BCUT2D eigenvalue weighted by Crippen LogP contribution is 2.04. The molecule has 0 aromatic heterocycles. The summed E-state index contributed by atoms with van der Waals surface area (Å²) in [4.78, 5) is 21.2. The van der Waals surface area contributed by atoms with Crippen LogP contribution in [0.3, 0.4) is 0 Å². The maximum absolute atomic E-state index is 10.9. The van der Waals surface area contributed by atoms with Crippen LogP contribution in [0.25, 0.3) is 0 Å². The van der Waals surface area contributed by atoms with E-state index in [-0.39, 0.29) is 5.75 Å². The van der Waals surface area contributed by atoms with Crippen LogP contribution in [0.2, 0.25) is 0 Å². The number of nitrogens with two attached hydrogens (primary N) is 1. The first-order chi connectivity index (χ1) is 4.90. The molecule has 5 heteroatoms. The van der Waals surface area contributed by atoms with Gasteiger partial charge in [-0.15, -0.1) is 0 Å². The van der Waals surface area contributed by atoms with Gasteiger partial charge in [0.2, 0.25) is 0 Å². The van der Waals surface area contributed by atoms with Crippen LogP contribution in [0.1, 0.15) is 13.8 Å². The Kier molecular flexibility index (Phi) is 3.54. The predicted octanol–water partition coefficient (Wildman–Crippen LogP) is -0.277. The normalized spacial score (nSPS) is 15.3. The Hall–Kier alpha value is -0.550. The Morgan fingerprint density at radius 3 is 2.36 bits per heavy atom. The molecule has 0 heterocycles. The smallest absolute Gasteiger partial charge is 0.334 e. The van der Waals surface area contributed by atoms with Gasteiger partial charge in [0.25, 0.3) is 0 Å². The largest absolute Gasteiger partial charge is 0.392 e. The molecule has 4 nitrogen and oxygen atoms in total. The summed E-state index contributed by atoms with van der Waals surface area (Å²) in [7, 11) is 0. The van der Waals surface area contributed by atoms with Gasteiger partial charge in [-0.05, 0) is 6.92 Å². The van der Waals surface area contributed by atoms with Crippen LogP contribution in [0.4, 0.5) is 0 Å². The van der Waals surface area contributed by atoms with E-state index in [1.165, 1.54) is 6.92 Å². The zero-order chi connectivity index (χ0) is 9.07. The number of esters is 2. The molecule has 0 fully saturated rings. The van der Waals surface area contributed by atoms with Crippen molar-refractivity contribution >= 4 is 24.6 Å². The molecule has 0 aliphatic carbocycles. The predicted molar refractivity (Wildman–Crippen MR) is 43.2 cm³/mol. The molecule has 0 aliphatic rings. The van der Waals surface area contributed by atoms with E-state index >= 15 is 0 Å². The molecule has 11 heavy (non-hydrogen) atoms. The molecule has 0 radical (unpaired) electrons. The minimum atomic E-state index is -1.19. The third-order valence-electron chi connectivity index (χ3n) is 1.03. The summed E-state index contributed by atoms with van der Waals surface area (Å²) in [5.41, 5.74) is 4.22. The molecule has 0 amide bonds. The van der Waals surface area contributed by atoms with Crippen molar-refractivity contribution in [1.82, 2.24) is 0 Å². The number of carbonyl (C=O) groups is 2. The lowest BCUT2D eigenvalue weighted by Crippen LogP contribution is -2.48. The van der Waals surface area contributed by atoms with Gasteiger partial charge in [0.05, 0.1) is 0 Å². The minimum absolute atomic E-state index is 0.138. The Bertz CT molecular complexity index is 179. The molecule has 0 unspecified atom stereocenters. The van der Waals surface area contributed by atoms with Crippen LogP contribution in [-0.4, -0.2) is 23.2 Å². The molecule has 2 N–H and O–H groups in total. The number of hydrogen-bond donors (Lipinski definition) is 2. The van der Waals surface area contributed by atoms with Crippen LogP contribution < -0.4 is 5.73 Å². The highest BCUT2D eigenvalue weighted by atomic mass is 32.1. The average molecular weight is 177 g/mol. The fraction of sp³-hybridized carbons (Fsp3) is 0.667. The van der Waals surface area contributed by atoms with Crippen LogP contribution in [0.15, 0.2) is 0 Å². The summed E-state index contributed by atoms with van der Waals surface area (Å²) in [6.45, 7) is 2.60. The molecule has 1 atom stereocenters. The molecule has 0 aliphatic heterocycles. The first kappa shape index (κ1) is 10.4. The third kappa shape index (κ3) is 3.38. The SMILES string of the molecule is CC(=O)OC(=O)[C@@](C)(N)CS. The number of hydrogen-bond acceptors (Lipinski definition) is 5. The molecule has 0 aromatic rings. The van der Waals surface area contributed by atoms with E-state index in [1.54, 1.807) is 0 Å². The maximum Gasteiger partial charge on any atom is 0.334 e. The zero-order valence-corrected chi connectivity index (χ0v) is 7.35. The van der Waals surface area contributed by atoms with E-state index in [4.69, 9.17) is 5.73 Å². The van der Waals surface area contributed by atoms with Crippen LogP contribution in [0, 0.1) is 0 Å². The second-order valence-electron chi connectivity index (χ2n) is 2.46. The number of thiol groups is 1. The van der Waals surface area contributed by atoms with E-state index < -0.39 is 17.5 Å². The second-order valence-corrected chi connectivity index (χ2v) is 2.77. The Morgan fingerprint density at radius 2 is 2.09 bits per heavy atom. The number of rotatable bonds is 2. The van der Waals surface area contributed by atoms with Crippen molar-refractivity contribution in [2.45, 2.75) is 19.4 Å². The lowest BCUT2D eigenvalue weighted by Gasteiger charge is -2.17. The van der Waals surface area contributed by atoms with Gasteiger partial charge in [0.15, 0.2) is 0 Å². The molecular formula is C6H11NO3S. The number of ether oxygens (including phenoxy) is 1. The summed E-state index contributed by atoms with van der Waals surface area (Å²) in [5.74, 6) is -1.27. The van der Waals surface area contributed by atoms with Crippen molar-refractivity contribution in [3.63, 3.8) is 0 Å². The molecule has 0 rings (SSSR count).